The maximum Gasteiger partial charge on any atom is 0.337 e. The quantitative estimate of drug-likeness (QED) is 0.725. The van der Waals surface area contributed by atoms with E-state index in [1.807, 2.05) is 0 Å². The third-order valence-corrected chi connectivity index (χ3v) is 4.76. The van der Waals surface area contributed by atoms with Crippen molar-refractivity contribution in [1.82, 2.24) is 0 Å². The average Bonchev–Trinajstić information content (AvgIpc) is 3.23. The van der Waals surface area contributed by atoms with Gasteiger partial charge in [-0.3, -0.25) is 0 Å². The maximum atomic E-state index is 15.0. The second kappa shape index (κ2) is 5.56. The van der Waals surface area contributed by atoms with Crippen molar-refractivity contribution in [3.63, 3.8) is 0 Å². The summed E-state index contributed by atoms with van der Waals surface area (Å²) in [5.41, 5.74) is 0.359. The number of hydrogen-bond acceptors (Lipinski definition) is 2. The van der Waals surface area contributed by atoms with E-state index < -0.39 is 11.6 Å². The summed E-state index contributed by atoms with van der Waals surface area (Å²) in [6.07, 6.45) is 0.391. The Balaban J connectivity index is 1.84. The first-order chi connectivity index (χ1) is 10.5. The van der Waals surface area contributed by atoms with Crippen molar-refractivity contribution in [2.24, 2.45) is 0 Å². The molecule has 0 aliphatic heterocycles. The highest BCUT2D eigenvalue weighted by molar-refractivity contribution is 6.42. The van der Waals surface area contributed by atoms with Crippen molar-refractivity contribution in [1.29, 1.82) is 0 Å². The Labute approximate surface area is 137 Å². The fraction of sp³-hybridized carbons (Fsp3) is 0.235. The minimum Gasteiger partial charge on any atom is -0.465 e. The summed E-state index contributed by atoms with van der Waals surface area (Å²) in [6.45, 7) is 0. The number of ether oxygens (including phenoxy) is 1. The molecule has 1 aliphatic carbocycles. The van der Waals surface area contributed by atoms with E-state index in [0.717, 1.165) is 5.56 Å². The van der Waals surface area contributed by atoms with E-state index in [1.54, 1.807) is 42.5 Å². The largest absolute Gasteiger partial charge is 0.465 e. The molecule has 0 unspecified atom stereocenters. The van der Waals surface area contributed by atoms with Crippen molar-refractivity contribution in [3.8, 4) is 0 Å². The Morgan fingerprint density at radius 3 is 2.45 bits per heavy atom. The summed E-state index contributed by atoms with van der Waals surface area (Å²) in [5.74, 6) is -0.678. The fourth-order valence-electron chi connectivity index (χ4n) is 2.67. The Kier molecular flexibility index (Phi) is 3.87. The Hall–Kier alpha value is -1.58. The van der Waals surface area contributed by atoms with Gasteiger partial charge >= 0.3 is 5.97 Å². The van der Waals surface area contributed by atoms with Gasteiger partial charge in [-0.05, 0) is 41.8 Å². The number of benzene rings is 2. The first-order valence-corrected chi connectivity index (χ1v) is 7.54. The monoisotopic (exact) mass is 338 g/mol. The van der Waals surface area contributed by atoms with Crippen molar-refractivity contribution in [2.45, 2.75) is 18.0 Å². The molecule has 3 rings (SSSR count). The molecule has 0 heterocycles. The van der Waals surface area contributed by atoms with Crippen LogP contribution in [0.3, 0.4) is 0 Å². The summed E-state index contributed by atoms with van der Waals surface area (Å²) >= 11 is 11.9. The van der Waals surface area contributed by atoms with Crippen molar-refractivity contribution in [3.05, 3.63) is 69.2 Å². The van der Waals surface area contributed by atoms with E-state index in [2.05, 4.69) is 4.74 Å². The average molecular weight is 339 g/mol. The van der Waals surface area contributed by atoms with Gasteiger partial charge in [-0.1, -0.05) is 41.4 Å². The van der Waals surface area contributed by atoms with Crippen LogP contribution < -0.4 is 0 Å². The normalized spacial score (nSPS) is 23.2. The number of carbonyl (C=O) groups is 1. The molecular weight excluding hydrogens is 326 g/mol. The number of alkyl halides is 1. The summed E-state index contributed by atoms with van der Waals surface area (Å²) in [5, 5.41) is 0.882. The molecule has 2 aromatic rings. The number of methoxy groups -OCH3 is 1. The van der Waals surface area contributed by atoms with Crippen LogP contribution in [0.1, 0.15) is 33.8 Å². The van der Waals surface area contributed by atoms with Crippen LogP contribution in [0, 0.1) is 0 Å². The molecule has 0 spiro atoms. The van der Waals surface area contributed by atoms with Crippen LogP contribution in [-0.4, -0.2) is 13.1 Å². The summed E-state index contributed by atoms with van der Waals surface area (Å²) in [4.78, 5) is 11.4. The van der Waals surface area contributed by atoms with Crippen LogP contribution in [0.25, 0.3) is 0 Å². The molecule has 0 N–H and O–H groups in total. The molecule has 22 heavy (non-hydrogen) atoms. The second-order valence-electron chi connectivity index (χ2n) is 5.36. The first kappa shape index (κ1) is 15.3. The van der Waals surface area contributed by atoms with E-state index in [4.69, 9.17) is 23.2 Å². The van der Waals surface area contributed by atoms with Crippen molar-refractivity contribution in [2.75, 3.05) is 7.11 Å². The van der Waals surface area contributed by atoms with Gasteiger partial charge in [0.15, 0.2) is 0 Å². The highest BCUT2D eigenvalue weighted by Crippen LogP contribution is 2.61. The highest BCUT2D eigenvalue weighted by atomic mass is 35.5. The molecule has 0 radical (unpaired) electrons. The Morgan fingerprint density at radius 1 is 1.18 bits per heavy atom. The molecular formula is C17H13Cl2FO2. The number of carbonyl (C=O) groups excluding carboxylic acids is 1. The highest BCUT2D eigenvalue weighted by Gasteiger charge is 2.57. The van der Waals surface area contributed by atoms with Crippen LogP contribution in [-0.2, 0) is 10.4 Å². The molecule has 1 saturated carbocycles. The van der Waals surface area contributed by atoms with Gasteiger partial charge in [-0.25, -0.2) is 9.18 Å². The van der Waals surface area contributed by atoms with E-state index in [1.165, 1.54) is 7.11 Å². The van der Waals surface area contributed by atoms with Gasteiger partial charge in [0, 0.05) is 5.92 Å². The van der Waals surface area contributed by atoms with Crippen LogP contribution in [0.4, 0.5) is 4.39 Å². The van der Waals surface area contributed by atoms with Gasteiger partial charge in [0.25, 0.3) is 0 Å². The lowest BCUT2D eigenvalue weighted by atomic mass is 10.0. The van der Waals surface area contributed by atoms with E-state index in [-0.39, 0.29) is 5.92 Å². The van der Waals surface area contributed by atoms with Crippen LogP contribution in [0.15, 0.2) is 42.5 Å². The molecule has 1 fully saturated rings. The summed E-state index contributed by atoms with van der Waals surface area (Å²) in [7, 11) is 1.31. The van der Waals surface area contributed by atoms with Gasteiger partial charge in [-0.2, -0.15) is 0 Å². The van der Waals surface area contributed by atoms with Gasteiger partial charge in [0.05, 0.1) is 22.7 Å². The predicted octanol–water partition coefficient (Wildman–Crippen LogP) is 5.13. The van der Waals surface area contributed by atoms with Crippen molar-refractivity contribution >= 4 is 29.2 Å². The van der Waals surface area contributed by atoms with E-state index >= 15 is 4.39 Å². The number of rotatable bonds is 3. The number of hydrogen-bond donors (Lipinski definition) is 0. The molecule has 0 aromatic heterocycles. The molecule has 0 saturated heterocycles. The molecule has 2 aromatic carbocycles. The third-order valence-electron chi connectivity index (χ3n) is 4.03. The van der Waals surface area contributed by atoms with Crippen molar-refractivity contribution < 1.29 is 13.9 Å². The summed E-state index contributed by atoms with van der Waals surface area (Å²) < 4.78 is 19.7. The topological polar surface area (TPSA) is 26.3 Å². The van der Waals surface area contributed by atoms with E-state index in [0.29, 0.717) is 27.6 Å². The molecule has 114 valence electrons. The Bertz CT molecular complexity index is 730. The molecule has 2 nitrogen and oxygen atoms in total. The lowest BCUT2D eigenvalue weighted by molar-refractivity contribution is 0.0600. The third kappa shape index (κ3) is 2.59. The van der Waals surface area contributed by atoms with E-state index in [9.17, 15) is 4.79 Å². The number of esters is 1. The molecule has 1 aliphatic rings. The zero-order valence-corrected chi connectivity index (χ0v) is 13.3. The van der Waals surface area contributed by atoms with Gasteiger partial charge in [0.1, 0.15) is 5.67 Å². The summed E-state index contributed by atoms with van der Waals surface area (Å²) in [6, 6.07) is 11.6. The molecule has 0 amide bonds. The zero-order valence-electron chi connectivity index (χ0n) is 11.8. The van der Waals surface area contributed by atoms with Crippen LogP contribution >= 0.6 is 23.2 Å². The van der Waals surface area contributed by atoms with Gasteiger partial charge in [-0.15, -0.1) is 0 Å². The zero-order chi connectivity index (χ0) is 15.9. The Morgan fingerprint density at radius 2 is 1.86 bits per heavy atom. The first-order valence-electron chi connectivity index (χ1n) is 6.78. The van der Waals surface area contributed by atoms with Gasteiger partial charge in [0.2, 0.25) is 0 Å². The lowest BCUT2D eigenvalue weighted by Gasteiger charge is -2.10. The molecule has 2 atom stereocenters. The SMILES string of the molecule is COC(=O)c1ccc([C@@]2(F)C[C@@H]2c2ccc(Cl)c(Cl)c2)cc1. The number of halogens is 3. The maximum absolute atomic E-state index is 15.0. The predicted molar refractivity (Wildman–Crippen MR) is 84.4 cm³/mol. The minimum absolute atomic E-state index is 0.244. The molecule has 5 heteroatoms. The fourth-order valence-corrected chi connectivity index (χ4v) is 2.98. The smallest absolute Gasteiger partial charge is 0.337 e. The standard InChI is InChI=1S/C17H13Cl2FO2/c1-22-16(21)10-2-5-12(6-3-10)17(20)9-13(17)11-4-7-14(18)15(19)8-11/h2-8,13H,9H2,1H3/t13-,17+/m1/s1. The minimum atomic E-state index is -1.42. The molecule has 0 bridgehead atoms. The van der Waals surface area contributed by atoms with Crippen LogP contribution in [0.2, 0.25) is 10.0 Å². The second-order valence-corrected chi connectivity index (χ2v) is 6.18. The van der Waals surface area contributed by atoms with Crippen LogP contribution in [0.5, 0.6) is 0 Å². The van der Waals surface area contributed by atoms with Gasteiger partial charge < -0.3 is 4.74 Å². The lowest BCUT2D eigenvalue weighted by Crippen LogP contribution is -2.05.